The Kier molecular flexibility index (Phi) is 6.34. The van der Waals surface area contributed by atoms with Crippen LogP contribution in [0.2, 0.25) is 0 Å². The molecule has 0 aliphatic heterocycles. The molecule has 0 heterocycles. The van der Waals surface area contributed by atoms with Crippen LogP contribution in [0.5, 0.6) is 0 Å². The van der Waals surface area contributed by atoms with Gasteiger partial charge in [0.2, 0.25) is 5.91 Å². The van der Waals surface area contributed by atoms with Gasteiger partial charge in [-0.05, 0) is 36.6 Å². The molecule has 0 aliphatic rings. The van der Waals surface area contributed by atoms with E-state index in [1.54, 1.807) is 17.0 Å². The molecule has 0 saturated carbocycles. The Bertz CT molecular complexity index is 660. The van der Waals surface area contributed by atoms with Crippen molar-refractivity contribution in [2.45, 2.75) is 32.7 Å². The molecule has 0 spiro atoms. The Morgan fingerprint density at radius 2 is 1.91 bits per heavy atom. The molecule has 0 bridgehead atoms. The summed E-state index contributed by atoms with van der Waals surface area (Å²) in [5, 5.41) is 0. The lowest BCUT2D eigenvalue weighted by Crippen LogP contribution is -2.31. The molecule has 2 aromatic carbocycles. The molecule has 0 radical (unpaired) electrons. The Morgan fingerprint density at radius 3 is 2.57 bits per heavy atom. The van der Waals surface area contributed by atoms with E-state index in [9.17, 15) is 9.18 Å². The number of rotatable bonds is 6. The predicted molar refractivity (Wildman–Crippen MR) is 94.7 cm³/mol. The molecule has 0 fully saturated rings. The molecular formula is C19H21BrFNO. The SMILES string of the molecule is CCN(Cc1cc(Br)ccc1F)C(=O)CC(C)c1ccccc1. The number of nitrogens with zero attached hydrogens (tertiary/aromatic N) is 1. The highest BCUT2D eigenvalue weighted by atomic mass is 79.9. The van der Waals surface area contributed by atoms with Gasteiger partial charge >= 0.3 is 0 Å². The van der Waals surface area contributed by atoms with Crippen molar-refractivity contribution in [3.63, 3.8) is 0 Å². The second kappa shape index (κ2) is 8.25. The number of carbonyl (C=O) groups is 1. The number of benzene rings is 2. The van der Waals surface area contributed by atoms with Gasteiger partial charge in [-0.1, -0.05) is 53.2 Å². The summed E-state index contributed by atoms with van der Waals surface area (Å²) in [5.41, 5.74) is 1.67. The van der Waals surface area contributed by atoms with Gasteiger partial charge in [-0.15, -0.1) is 0 Å². The van der Waals surface area contributed by atoms with Crippen LogP contribution in [0.4, 0.5) is 4.39 Å². The highest BCUT2D eigenvalue weighted by Crippen LogP contribution is 2.21. The quantitative estimate of drug-likeness (QED) is 0.682. The number of hydrogen-bond acceptors (Lipinski definition) is 1. The topological polar surface area (TPSA) is 20.3 Å². The van der Waals surface area contributed by atoms with Gasteiger partial charge in [0.05, 0.1) is 0 Å². The first-order valence-electron chi connectivity index (χ1n) is 7.78. The minimum absolute atomic E-state index is 0.0447. The minimum Gasteiger partial charge on any atom is -0.339 e. The lowest BCUT2D eigenvalue weighted by atomic mass is 9.97. The fourth-order valence-corrected chi connectivity index (χ4v) is 2.95. The Hall–Kier alpha value is -1.68. The maximum Gasteiger partial charge on any atom is 0.223 e. The Balaban J connectivity index is 2.05. The van der Waals surface area contributed by atoms with Crippen molar-refractivity contribution in [3.8, 4) is 0 Å². The van der Waals surface area contributed by atoms with Crippen LogP contribution in [0.1, 0.15) is 37.3 Å². The van der Waals surface area contributed by atoms with Crippen molar-refractivity contribution in [3.05, 3.63) is 69.9 Å². The van der Waals surface area contributed by atoms with Crippen LogP contribution in [-0.2, 0) is 11.3 Å². The van der Waals surface area contributed by atoms with Gasteiger partial charge in [0.25, 0.3) is 0 Å². The number of amides is 1. The van der Waals surface area contributed by atoms with E-state index in [0.717, 1.165) is 10.0 Å². The minimum atomic E-state index is -0.282. The molecular weight excluding hydrogens is 357 g/mol. The summed E-state index contributed by atoms with van der Waals surface area (Å²) in [4.78, 5) is 14.2. The van der Waals surface area contributed by atoms with Crippen LogP contribution < -0.4 is 0 Å². The standard InChI is InChI=1S/C19H21BrFNO/c1-3-22(13-16-12-17(20)9-10-18(16)21)19(23)11-14(2)15-7-5-4-6-8-15/h4-10,12,14H,3,11,13H2,1-2H3. The van der Waals surface area contributed by atoms with Crippen LogP contribution in [0.25, 0.3) is 0 Å². The third kappa shape index (κ3) is 4.90. The lowest BCUT2D eigenvalue weighted by molar-refractivity contribution is -0.132. The van der Waals surface area contributed by atoms with Gasteiger partial charge in [-0.2, -0.15) is 0 Å². The highest BCUT2D eigenvalue weighted by molar-refractivity contribution is 9.10. The molecule has 1 unspecified atom stereocenters. The van der Waals surface area contributed by atoms with Gasteiger partial charge in [0.1, 0.15) is 5.82 Å². The predicted octanol–water partition coefficient (Wildman–Crippen LogP) is 5.13. The van der Waals surface area contributed by atoms with Crippen LogP contribution in [0.3, 0.4) is 0 Å². The summed E-state index contributed by atoms with van der Waals surface area (Å²) in [6, 6.07) is 14.8. The zero-order valence-corrected chi connectivity index (χ0v) is 15.0. The van der Waals surface area contributed by atoms with E-state index < -0.39 is 0 Å². The first-order chi connectivity index (χ1) is 11.0. The van der Waals surface area contributed by atoms with Crippen molar-refractivity contribution in [2.24, 2.45) is 0 Å². The van der Waals surface area contributed by atoms with Crippen LogP contribution >= 0.6 is 15.9 Å². The summed E-state index contributed by atoms with van der Waals surface area (Å²) in [7, 11) is 0. The van der Waals surface area contributed by atoms with E-state index >= 15 is 0 Å². The molecule has 4 heteroatoms. The maximum absolute atomic E-state index is 13.9. The average Bonchev–Trinajstić information content (AvgIpc) is 2.56. The molecule has 1 atom stereocenters. The van der Waals surface area contributed by atoms with Gasteiger partial charge in [-0.3, -0.25) is 4.79 Å². The number of carbonyl (C=O) groups excluding carboxylic acids is 1. The molecule has 2 rings (SSSR count). The van der Waals surface area contributed by atoms with Gasteiger partial charge in [-0.25, -0.2) is 4.39 Å². The number of hydrogen-bond donors (Lipinski definition) is 0. The van der Waals surface area contributed by atoms with Crippen molar-refractivity contribution in [1.29, 1.82) is 0 Å². The third-order valence-electron chi connectivity index (χ3n) is 3.95. The monoisotopic (exact) mass is 377 g/mol. The largest absolute Gasteiger partial charge is 0.339 e. The molecule has 0 N–H and O–H groups in total. The van der Waals surface area contributed by atoms with E-state index in [-0.39, 0.29) is 17.6 Å². The van der Waals surface area contributed by atoms with Crippen LogP contribution in [-0.4, -0.2) is 17.4 Å². The first kappa shape index (κ1) is 17.7. The van der Waals surface area contributed by atoms with E-state index in [0.29, 0.717) is 25.1 Å². The molecule has 2 aromatic rings. The molecule has 0 aromatic heterocycles. The summed E-state index contributed by atoms with van der Waals surface area (Å²) in [6.45, 7) is 4.82. The van der Waals surface area contributed by atoms with Crippen LogP contribution in [0.15, 0.2) is 53.0 Å². The second-order valence-electron chi connectivity index (χ2n) is 5.66. The fourth-order valence-electron chi connectivity index (χ4n) is 2.54. The van der Waals surface area contributed by atoms with Crippen LogP contribution in [0, 0.1) is 5.82 Å². The molecule has 1 amide bonds. The highest BCUT2D eigenvalue weighted by Gasteiger charge is 2.18. The summed E-state index contributed by atoms with van der Waals surface area (Å²) in [5.74, 6) is -0.0936. The van der Waals surface area contributed by atoms with E-state index in [2.05, 4.69) is 15.9 Å². The Morgan fingerprint density at radius 1 is 1.22 bits per heavy atom. The summed E-state index contributed by atoms with van der Waals surface area (Å²) >= 11 is 3.35. The third-order valence-corrected chi connectivity index (χ3v) is 4.45. The maximum atomic E-state index is 13.9. The van der Waals surface area contributed by atoms with Crippen molar-refractivity contribution < 1.29 is 9.18 Å². The molecule has 23 heavy (non-hydrogen) atoms. The molecule has 0 aliphatic carbocycles. The van der Waals surface area contributed by atoms with E-state index in [1.165, 1.54) is 6.07 Å². The van der Waals surface area contributed by atoms with Crippen molar-refractivity contribution in [2.75, 3.05) is 6.54 Å². The zero-order chi connectivity index (χ0) is 16.8. The van der Waals surface area contributed by atoms with Crippen molar-refractivity contribution in [1.82, 2.24) is 4.90 Å². The first-order valence-corrected chi connectivity index (χ1v) is 8.57. The molecule has 0 saturated heterocycles. The molecule has 122 valence electrons. The second-order valence-corrected chi connectivity index (χ2v) is 6.58. The summed E-state index contributed by atoms with van der Waals surface area (Å²) < 4.78 is 14.7. The van der Waals surface area contributed by atoms with Gasteiger partial charge < -0.3 is 4.90 Å². The zero-order valence-electron chi connectivity index (χ0n) is 13.4. The van der Waals surface area contributed by atoms with E-state index in [4.69, 9.17) is 0 Å². The normalized spacial score (nSPS) is 12.0. The van der Waals surface area contributed by atoms with E-state index in [1.807, 2.05) is 44.2 Å². The summed E-state index contributed by atoms with van der Waals surface area (Å²) in [6.07, 6.45) is 0.424. The lowest BCUT2D eigenvalue weighted by Gasteiger charge is -2.23. The Labute approximate surface area is 145 Å². The fraction of sp³-hybridized carbons (Fsp3) is 0.316. The number of halogens is 2. The smallest absolute Gasteiger partial charge is 0.223 e. The molecule has 2 nitrogen and oxygen atoms in total. The van der Waals surface area contributed by atoms with Crippen molar-refractivity contribution >= 4 is 21.8 Å². The average molecular weight is 378 g/mol. The van der Waals surface area contributed by atoms with Gasteiger partial charge in [0, 0.05) is 29.5 Å². The van der Waals surface area contributed by atoms with Gasteiger partial charge in [0.15, 0.2) is 0 Å².